The topological polar surface area (TPSA) is 151 Å². The number of benzene rings is 3. The van der Waals surface area contributed by atoms with Crippen LogP contribution in [0.25, 0.3) is 0 Å². The second-order valence-corrected chi connectivity index (χ2v) is 11.1. The molecular weight excluding hydrogens is 548 g/mol. The first kappa shape index (κ1) is 26.7. The minimum atomic E-state index is -0.543. The summed E-state index contributed by atoms with van der Waals surface area (Å²) in [6, 6.07) is 15.2. The maximum Gasteiger partial charge on any atom is 0.296 e. The molecule has 0 aromatic heterocycles. The number of ether oxygens (including phenoxy) is 1. The van der Waals surface area contributed by atoms with Crippen molar-refractivity contribution in [1.82, 2.24) is 0 Å². The second kappa shape index (κ2) is 10.7. The number of nitro benzene ring substituents is 3. The van der Waals surface area contributed by atoms with E-state index in [-0.39, 0.29) is 34.1 Å². The van der Waals surface area contributed by atoms with Gasteiger partial charge in [0.2, 0.25) is 0 Å². The first-order valence-electron chi connectivity index (χ1n) is 12.2. The highest BCUT2D eigenvalue weighted by atomic mass is 35.5. The van der Waals surface area contributed by atoms with Crippen molar-refractivity contribution in [3.8, 4) is 5.75 Å². The molecule has 5 rings (SSSR count). The Labute approximate surface area is 232 Å². The van der Waals surface area contributed by atoms with Crippen LogP contribution >= 0.6 is 23.4 Å². The van der Waals surface area contributed by atoms with Gasteiger partial charge in [0.1, 0.15) is 11.4 Å². The van der Waals surface area contributed by atoms with Gasteiger partial charge < -0.3 is 10.1 Å². The molecule has 1 N–H and O–H groups in total. The Morgan fingerprint density at radius 1 is 0.974 bits per heavy atom. The van der Waals surface area contributed by atoms with Crippen LogP contribution in [-0.4, -0.2) is 32.0 Å². The molecule has 2 aliphatic rings. The summed E-state index contributed by atoms with van der Waals surface area (Å²) in [7, 11) is 0. The molecule has 1 aliphatic heterocycles. The summed E-state index contributed by atoms with van der Waals surface area (Å²) in [4.78, 5) is 34.3. The fraction of sp³-hybridized carbons (Fsp3) is 0.308. The summed E-state index contributed by atoms with van der Waals surface area (Å²) in [5, 5.41) is 37.7. The lowest BCUT2D eigenvalue weighted by Crippen LogP contribution is -2.31. The number of nitrogens with zero attached hydrogens (tertiary/aromatic N) is 3. The van der Waals surface area contributed by atoms with Crippen LogP contribution in [0.1, 0.15) is 36.4 Å². The molecule has 1 saturated carbocycles. The van der Waals surface area contributed by atoms with Crippen molar-refractivity contribution in [2.45, 2.75) is 40.8 Å². The van der Waals surface area contributed by atoms with Gasteiger partial charge in [-0.25, -0.2) is 0 Å². The molecule has 202 valence electrons. The van der Waals surface area contributed by atoms with Crippen molar-refractivity contribution in [2.24, 2.45) is 5.92 Å². The minimum absolute atomic E-state index is 0.0238. The highest BCUT2D eigenvalue weighted by Gasteiger charge is 2.52. The van der Waals surface area contributed by atoms with Crippen LogP contribution in [0.3, 0.4) is 0 Å². The molecule has 5 unspecified atom stereocenters. The van der Waals surface area contributed by atoms with E-state index in [9.17, 15) is 30.3 Å². The molecule has 0 bridgehead atoms. The third-order valence-electron chi connectivity index (χ3n) is 7.16. The Kier molecular flexibility index (Phi) is 7.32. The van der Waals surface area contributed by atoms with E-state index >= 15 is 0 Å². The Morgan fingerprint density at radius 2 is 1.72 bits per heavy atom. The highest BCUT2D eigenvalue weighted by molar-refractivity contribution is 8.00. The van der Waals surface area contributed by atoms with Crippen LogP contribution in [0, 0.1) is 36.3 Å². The molecule has 0 saturated heterocycles. The first-order valence-corrected chi connectivity index (χ1v) is 13.5. The molecule has 3 aromatic rings. The fourth-order valence-electron chi connectivity index (χ4n) is 5.60. The lowest BCUT2D eigenvalue weighted by molar-refractivity contribution is -0.387. The number of non-ortho nitro benzene ring substituents is 1. The monoisotopic (exact) mass is 570 g/mol. The number of anilines is 1. The lowest BCUT2D eigenvalue weighted by atomic mass is 9.76. The molecule has 1 heterocycles. The predicted octanol–water partition coefficient (Wildman–Crippen LogP) is 6.85. The largest absolute Gasteiger partial charge is 0.494 e. The number of nitro groups is 3. The number of rotatable bonds is 8. The highest BCUT2D eigenvalue weighted by Crippen LogP contribution is 2.60. The number of alkyl halides is 1. The van der Waals surface area contributed by atoms with E-state index < -0.39 is 26.2 Å². The first-order chi connectivity index (χ1) is 18.7. The van der Waals surface area contributed by atoms with Gasteiger partial charge in [0.15, 0.2) is 0 Å². The Balaban J connectivity index is 1.63. The van der Waals surface area contributed by atoms with Crippen LogP contribution in [0.2, 0.25) is 0 Å². The third kappa shape index (κ3) is 4.97. The molecule has 0 spiro atoms. The van der Waals surface area contributed by atoms with Crippen molar-refractivity contribution in [3.05, 3.63) is 102 Å². The standard InChI is InChI=1S/C26H23ClN4O7S/c1-2-38-16-11-17-23-18(13-22(24(23)27)39-21-9-4-3-8-19(21)30(34)35)25(28-26(17)20(12-16)31(36)37)14-6-5-7-15(10-14)29(32)33/h3-12,18,22-25,28H,2,13H2,1H3. The van der Waals surface area contributed by atoms with Crippen molar-refractivity contribution < 1.29 is 19.5 Å². The van der Waals surface area contributed by atoms with Gasteiger partial charge in [0.05, 0.1) is 43.8 Å². The van der Waals surface area contributed by atoms with Crippen molar-refractivity contribution in [3.63, 3.8) is 0 Å². The zero-order valence-electron chi connectivity index (χ0n) is 20.6. The van der Waals surface area contributed by atoms with E-state index in [0.29, 0.717) is 40.5 Å². The molecule has 11 nitrogen and oxygen atoms in total. The molecule has 0 amide bonds. The predicted molar refractivity (Wildman–Crippen MR) is 147 cm³/mol. The average Bonchev–Trinajstić information content (AvgIpc) is 3.24. The van der Waals surface area contributed by atoms with Gasteiger partial charge in [-0.2, -0.15) is 0 Å². The summed E-state index contributed by atoms with van der Waals surface area (Å²) in [5.74, 6) is -0.249. The fourth-order valence-corrected chi connectivity index (χ4v) is 7.55. The molecule has 1 aliphatic carbocycles. The molecule has 1 fully saturated rings. The second-order valence-electron chi connectivity index (χ2n) is 9.32. The van der Waals surface area contributed by atoms with Gasteiger partial charge in [0.25, 0.3) is 17.1 Å². The molecule has 0 radical (unpaired) electrons. The van der Waals surface area contributed by atoms with Gasteiger partial charge in [-0.1, -0.05) is 24.3 Å². The summed E-state index contributed by atoms with van der Waals surface area (Å²) in [5.41, 5.74) is 1.23. The summed E-state index contributed by atoms with van der Waals surface area (Å²) < 4.78 is 5.63. The zero-order valence-corrected chi connectivity index (χ0v) is 22.1. The van der Waals surface area contributed by atoms with E-state index in [1.165, 1.54) is 36.0 Å². The van der Waals surface area contributed by atoms with Gasteiger partial charge in [0, 0.05) is 29.4 Å². The SMILES string of the molecule is CCOc1cc2c(c([N+](=O)[O-])c1)NC(c1cccc([N+](=O)[O-])c1)C1CC(Sc3ccccc3[N+](=O)[O-])C(Cl)C21. The zero-order chi connectivity index (χ0) is 27.8. The van der Waals surface area contributed by atoms with E-state index in [2.05, 4.69) is 5.32 Å². The Bertz CT molecular complexity index is 1470. The smallest absolute Gasteiger partial charge is 0.296 e. The van der Waals surface area contributed by atoms with E-state index in [1.807, 2.05) is 0 Å². The van der Waals surface area contributed by atoms with Gasteiger partial charge in [-0.15, -0.1) is 23.4 Å². The van der Waals surface area contributed by atoms with Gasteiger partial charge in [-0.05, 0) is 42.5 Å². The number of nitrogens with one attached hydrogen (secondary N) is 1. The number of halogens is 1. The molecule has 3 aromatic carbocycles. The molecular formula is C26H23ClN4O7S. The van der Waals surface area contributed by atoms with Crippen LogP contribution < -0.4 is 10.1 Å². The number of fused-ring (bicyclic) bond motifs is 3. The molecule has 5 atom stereocenters. The van der Waals surface area contributed by atoms with Crippen LogP contribution in [0.4, 0.5) is 22.7 Å². The van der Waals surface area contributed by atoms with E-state index in [4.69, 9.17) is 16.3 Å². The maximum absolute atomic E-state index is 12.1. The normalized spacial score (nSPS) is 23.3. The summed E-state index contributed by atoms with van der Waals surface area (Å²) >= 11 is 8.43. The summed E-state index contributed by atoms with van der Waals surface area (Å²) in [6.07, 6.45) is 0.516. The Hall–Kier alpha value is -3.90. The number of para-hydroxylation sites is 1. The molecule has 13 heteroatoms. The van der Waals surface area contributed by atoms with Crippen molar-refractivity contribution in [2.75, 3.05) is 11.9 Å². The van der Waals surface area contributed by atoms with E-state index in [0.717, 1.165) is 0 Å². The summed E-state index contributed by atoms with van der Waals surface area (Å²) in [6.45, 7) is 2.10. The number of thioether (sulfide) groups is 1. The van der Waals surface area contributed by atoms with Crippen molar-refractivity contribution >= 4 is 46.1 Å². The Morgan fingerprint density at radius 3 is 2.41 bits per heavy atom. The number of hydrogen-bond acceptors (Lipinski definition) is 9. The van der Waals surface area contributed by atoms with Gasteiger partial charge in [-0.3, -0.25) is 30.3 Å². The van der Waals surface area contributed by atoms with Crippen LogP contribution in [0.15, 0.2) is 65.6 Å². The average molecular weight is 571 g/mol. The number of hydrogen-bond donors (Lipinski definition) is 1. The third-order valence-corrected chi connectivity index (χ3v) is 9.27. The van der Waals surface area contributed by atoms with Crippen LogP contribution in [-0.2, 0) is 0 Å². The minimum Gasteiger partial charge on any atom is -0.494 e. The van der Waals surface area contributed by atoms with Gasteiger partial charge >= 0.3 is 0 Å². The van der Waals surface area contributed by atoms with Crippen LogP contribution in [0.5, 0.6) is 5.75 Å². The van der Waals surface area contributed by atoms with E-state index in [1.54, 1.807) is 43.3 Å². The quantitative estimate of drug-likeness (QED) is 0.174. The van der Waals surface area contributed by atoms with Crippen molar-refractivity contribution in [1.29, 1.82) is 0 Å². The maximum atomic E-state index is 12.1. The lowest BCUT2D eigenvalue weighted by Gasteiger charge is -2.38. The molecule has 39 heavy (non-hydrogen) atoms.